The minimum absolute atomic E-state index is 0.0395. The van der Waals surface area contributed by atoms with E-state index in [2.05, 4.69) is 0 Å². The van der Waals surface area contributed by atoms with E-state index in [9.17, 15) is 28.2 Å². The summed E-state index contributed by atoms with van der Waals surface area (Å²) in [5, 5.41) is 19.2. The topological polar surface area (TPSA) is 86.8 Å². The SMILES string of the molecule is NC(C(C=O)N1CCC(c2ccc(O)cc2O)CC1)C(F)(F)F. The molecule has 1 aliphatic rings. The highest BCUT2D eigenvalue weighted by Crippen LogP contribution is 2.36. The molecule has 0 saturated carbocycles. The van der Waals surface area contributed by atoms with Crippen LogP contribution in [0.15, 0.2) is 18.2 Å². The molecule has 2 unspecified atom stereocenters. The Morgan fingerprint density at radius 2 is 1.87 bits per heavy atom. The maximum Gasteiger partial charge on any atom is 0.405 e. The van der Waals surface area contributed by atoms with Crippen molar-refractivity contribution < 1.29 is 28.2 Å². The molecule has 0 amide bonds. The molecule has 1 saturated heterocycles. The van der Waals surface area contributed by atoms with E-state index < -0.39 is 18.3 Å². The third-order valence-corrected chi connectivity index (χ3v) is 4.29. The monoisotopic (exact) mass is 332 g/mol. The first-order chi connectivity index (χ1) is 10.7. The molecule has 4 N–H and O–H groups in total. The van der Waals surface area contributed by atoms with Crippen LogP contribution in [0.4, 0.5) is 13.2 Å². The van der Waals surface area contributed by atoms with Gasteiger partial charge >= 0.3 is 6.18 Å². The zero-order valence-electron chi connectivity index (χ0n) is 12.3. The van der Waals surface area contributed by atoms with Crippen LogP contribution in [-0.2, 0) is 4.79 Å². The maximum absolute atomic E-state index is 12.7. The molecule has 1 heterocycles. The molecule has 0 spiro atoms. The number of nitrogens with zero attached hydrogens (tertiary/aromatic N) is 1. The standard InChI is InChI=1S/C15H19F3N2O3/c16-15(17,18)14(19)12(8-21)20-5-3-9(4-6-20)11-2-1-10(22)7-13(11)23/h1-2,7-9,12,14,22-23H,3-6,19H2. The van der Waals surface area contributed by atoms with Gasteiger partial charge in [0.15, 0.2) is 0 Å². The van der Waals surface area contributed by atoms with E-state index in [1.54, 1.807) is 6.07 Å². The first kappa shape index (κ1) is 17.6. The van der Waals surface area contributed by atoms with E-state index in [1.165, 1.54) is 17.0 Å². The van der Waals surface area contributed by atoms with Crippen molar-refractivity contribution in [1.29, 1.82) is 0 Å². The first-order valence-corrected chi connectivity index (χ1v) is 7.27. The fraction of sp³-hybridized carbons (Fsp3) is 0.533. The van der Waals surface area contributed by atoms with Crippen LogP contribution in [0.25, 0.3) is 0 Å². The van der Waals surface area contributed by atoms with Crippen molar-refractivity contribution in [2.45, 2.75) is 37.0 Å². The number of carbonyl (C=O) groups is 1. The van der Waals surface area contributed by atoms with Gasteiger partial charge in [0.05, 0.1) is 6.04 Å². The number of aldehydes is 1. The van der Waals surface area contributed by atoms with Crippen LogP contribution in [-0.4, -0.2) is 52.7 Å². The average molecular weight is 332 g/mol. The molecule has 0 aliphatic carbocycles. The molecule has 23 heavy (non-hydrogen) atoms. The van der Waals surface area contributed by atoms with Gasteiger partial charge in [-0.25, -0.2) is 0 Å². The summed E-state index contributed by atoms with van der Waals surface area (Å²) in [4.78, 5) is 12.5. The van der Waals surface area contributed by atoms with Gasteiger partial charge in [0.1, 0.15) is 23.8 Å². The van der Waals surface area contributed by atoms with E-state index in [4.69, 9.17) is 5.73 Å². The summed E-state index contributed by atoms with van der Waals surface area (Å²) in [7, 11) is 0. The maximum atomic E-state index is 12.7. The van der Waals surface area contributed by atoms with Crippen LogP contribution >= 0.6 is 0 Å². The summed E-state index contributed by atoms with van der Waals surface area (Å²) < 4.78 is 38.1. The highest BCUT2D eigenvalue weighted by atomic mass is 19.4. The molecule has 0 aromatic heterocycles. The minimum atomic E-state index is -4.63. The summed E-state index contributed by atoms with van der Waals surface area (Å²) in [6.07, 6.45) is -3.39. The van der Waals surface area contributed by atoms with E-state index in [0.29, 0.717) is 18.4 Å². The fourth-order valence-corrected chi connectivity index (χ4v) is 2.98. The fourth-order valence-electron chi connectivity index (χ4n) is 2.98. The largest absolute Gasteiger partial charge is 0.508 e. The highest BCUT2D eigenvalue weighted by molar-refractivity contribution is 5.59. The van der Waals surface area contributed by atoms with Crippen molar-refractivity contribution in [1.82, 2.24) is 4.90 Å². The number of carbonyl (C=O) groups excluding carboxylic acids is 1. The lowest BCUT2D eigenvalue weighted by Gasteiger charge is -2.38. The molecule has 2 atom stereocenters. The Morgan fingerprint density at radius 1 is 1.26 bits per heavy atom. The number of piperidine rings is 1. The summed E-state index contributed by atoms with van der Waals surface area (Å²) in [5.74, 6) is -0.135. The number of rotatable bonds is 4. The molecule has 1 aromatic rings. The molecule has 1 fully saturated rings. The number of alkyl halides is 3. The van der Waals surface area contributed by atoms with Crippen molar-refractivity contribution in [2.24, 2.45) is 5.73 Å². The summed E-state index contributed by atoms with van der Waals surface area (Å²) in [6.45, 7) is 0.552. The molecule has 0 radical (unpaired) electrons. The van der Waals surface area contributed by atoms with E-state index in [-0.39, 0.29) is 36.8 Å². The Morgan fingerprint density at radius 3 is 2.35 bits per heavy atom. The number of nitrogens with two attached hydrogens (primary N) is 1. The quantitative estimate of drug-likeness (QED) is 0.731. The molecule has 2 rings (SSSR count). The van der Waals surface area contributed by atoms with E-state index in [0.717, 1.165) is 0 Å². The number of phenols is 2. The summed E-state index contributed by atoms with van der Waals surface area (Å²) >= 11 is 0. The second-order valence-electron chi connectivity index (χ2n) is 5.75. The zero-order valence-corrected chi connectivity index (χ0v) is 12.3. The second kappa shape index (κ2) is 6.76. The molecule has 128 valence electrons. The lowest BCUT2D eigenvalue weighted by Crippen LogP contribution is -2.57. The third kappa shape index (κ3) is 3.94. The molecule has 0 bridgehead atoms. The Kier molecular flexibility index (Phi) is 5.16. The third-order valence-electron chi connectivity index (χ3n) is 4.29. The Balaban J connectivity index is 2.04. The van der Waals surface area contributed by atoms with Gasteiger partial charge in [-0.15, -0.1) is 0 Å². The molecule has 5 nitrogen and oxygen atoms in total. The number of halogens is 3. The van der Waals surface area contributed by atoms with Crippen molar-refractivity contribution >= 4 is 6.29 Å². The van der Waals surface area contributed by atoms with Gasteiger partial charge in [0.2, 0.25) is 0 Å². The van der Waals surface area contributed by atoms with Crippen molar-refractivity contribution in [2.75, 3.05) is 13.1 Å². The van der Waals surface area contributed by atoms with Gasteiger partial charge in [-0.3, -0.25) is 4.90 Å². The second-order valence-corrected chi connectivity index (χ2v) is 5.75. The van der Waals surface area contributed by atoms with Gasteiger partial charge in [-0.1, -0.05) is 6.07 Å². The lowest BCUT2D eigenvalue weighted by atomic mass is 9.87. The van der Waals surface area contributed by atoms with Crippen LogP contribution in [0.1, 0.15) is 24.3 Å². The van der Waals surface area contributed by atoms with Crippen LogP contribution in [0.2, 0.25) is 0 Å². The van der Waals surface area contributed by atoms with Gasteiger partial charge in [0.25, 0.3) is 0 Å². The molecule has 8 heteroatoms. The predicted molar refractivity (Wildman–Crippen MR) is 77.2 cm³/mol. The number of phenolic OH excluding ortho intramolecular Hbond substituents is 2. The first-order valence-electron chi connectivity index (χ1n) is 7.27. The molecule has 1 aliphatic heterocycles. The molecule has 1 aromatic carbocycles. The van der Waals surface area contributed by atoms with Crippen molar-refractivity contribution in [3.05, 3.63) is 23.8 Å². The minimum Gasteiger partial charge on any atom is -0.508 e. The Hall–Kier alpha value is -1.80. The van der Waals surface area contributed by atoms with E-state index in [1.807, 2.05) is 0 Å². The van der Waals surface area contributed by atoms with Crippen molar-refractivity contribution in [3.63, 3.8) is 0 Å². The van der Waals surface area contributed by atoms with Gasteiger partial charge < -0.3 is 20.7 Å². The molecular formula is C15H19F3N2O3. The Labute approximate surface area is 131 Å². The average Bonchev–Trinajstić information content (AvgIpc) is 2.48. The summed E-state index contributed by atoms with van der Waals surface area (Å²) in [5.41, 5.74) is 5.80. The van der Waals surface area contributed by atoms with Crippen LogP contribution in [0.5, 0.6) is 11.5 Å². The number of aromatic hydroxyl groups is 2. The Bertz CT molecular complexity index is 557. The predicted octanol–water partition coefficient (Wildman–Crippen LogP) is 1.73. The lowest BCUT2D eigenvalue weighted by molar-refractivity contribution is -0.165. The van der Waals surface area contributed by atoms with Crippen LogP contribution in [0, 0.1) is 0 Å². The number of benzene rings is 1. The van der Waals surface area contributed by atoms with Gasteiger partial charge in [0, 0.05) is 6.07 Å². The van der Waals surface area contributed by atoms with E-state index >= 15 is 0 Å². The zero-order chi connectivity index (χ0) is 17.2. The van der Waals surface area contributed by atoms with Crippen molar-refractivity contribution in [3.8, 4) is 11.5 Å². The van der Waals surface area contributed by atoms with Crippen LogP contribution < -0.4 is 5.73 Å². The molecular weight excluding hydrogens is 313 g/mol. The van der Waals surface area contributed by atoms with Gasteiger partial charge in [-0.05, 0) is 43.5 Å². The van der Waals surface area contributed by atoms with Crippen LogP contribution in [0.3, 0.4) is 0 Å². The number of likely N-dealkylation sites (tertiary alicyclic amines) is 1. The normalized spacial score (nSPS) is 20.2. The number of hydrogen-bond donors (Lipinski definition) is 3. The highest BCUT2D eigenvalue weighted by Gasteiger charge is 2.44. The number of hydrogen-bond acceptors (Lipinski definition) is 5. The summed E-state index contributed by atoms with van der Waals surface area (Å²) in [6, 6.07) is 0.678. The smallest absolute Gasteiger partial charge is 0.405 e. The van der Waals surface area contributed by atoms with Gasteiger partial charge in [-0.2, -0.15) is 13.2 Å².